The van der Waals surface area contributed by atoms with Crippen molar-refractivity contribution in [3.05, 3.63) is 82.3 Å². The highest BCUT2D eigenvalue weighted by molar-refractivity contribution is 7.84. The Morgan fingerprint density at radius 3 is 2.29 bits per heavy atom. The minimum absolute atomic E-state index is 0.0753. The molecule has 2 aromatic carbocycles. The second-order valence-electron chi connectivity index (χ2n) is 7.23. The molecule has 0 spiro atoms. The van der Waals surface area contributed by atoms with E-state index in [1.807, 2.05) is 30.3 Å². The van der Waals surface area contributed by atoms with Gasteiger partial charge in [0.25, 0.3) is 0 Å². The Bertz CT molecular complexity index is 1190. The molecule has 0 bridgehead atoms. The van der Waals surface area contributed by atoms with Gasteiger partial charge in [-0.25, -0.2) is 9.78 Å². The zero-order valence-corrected chi connectivity index (χ0v) is 19.8. The van der Waals surface area contributed by atoms with Crippen LogP contribution in [0.5, 0.6) is 5.75 Å². The largest absolute Gasteiger partial charge is 0.453 e. The first-order valence-electron chi connectivity index (χ1n) is 10.1. The summed E-state index contributed by atoms with van der Waals surface area (Å²) in [6.07, 6.45) is 1.56. The van der Waals surface area contributed by atoms with Gasteiger partial charge in [0, 0.05) is 18.0 Å². The summed E-state index contributed by atoms with van der Waals surface area (Å²) in [5.41, 5.74) is 1.66. The van der Waals surface area contributed by atoms with Crippen LogP contribution < -0.4 is 20.0 Å². The molecule has 34 heavy (non-hydrogen) atoms. The van der Waals surface area contributed by atoms with Crippen LogP contribution in [-0.2, 0) is 32.7 Å². The summed E-state index contributed by atoms with van der Waals surface area (Å²) in [4.78, 5) is 29.4. The third kappa shape index (κ3) is 7.83. The van der Waals surface area contributed by atoms with Crippen molar-refractivity contribution < 1.29 is 26.9 Å². The first-order valence-corrected chi connectivity index (χ1v) is 12.5. The van der Waals surface area contributed by atoms with Gasteiger partial charge in [-0.15, -0.1) is 11.3 Å². The molecule has 3 aromatic rings. The summed E-state index contributed by atoms with van der Waals surface area (Å²) in [7, 11) is -2.89. The van der Waals surface area contributed by atoms with E-state index < -0.39 is 34.4 Å². The lowest BCUT2D eigenvalue weighted by atomic mass is 10.0. The second-order valence-corrected chi connectivity index (χ2v) is 9.31. The van der Waals surface area contributed by atoms with Gasteiger partial charge in [-0.3, -0.25) is 4.79 Å². The van der Waals surface area contributed by atoms with Crippen molar-refractivity contribution in [3.63, 3.8) is 0 Å². The van der Waals surface area contributed by atoms with Gasteiger partial charge in [-0.2, -0.15) is 13.6 Å². The Hall–Kier alpha value is -3.48. The lowest BCUT2D eigenvalue weighted by molar-refractivity contribution is -0.123. The third-order valence-corrected chi connectivity index (χ3v) is 6.03. The highest BCUT2D eigenvalue weighted by atomic mass is 32.2. The summed E-state index contributed by atoms with van der Waals surface area (Å²) >= 11 is 1.38. The van der Waals surface area contributed by atoms with Gasteiger partial charge in [0.2, 0.25) is 5.91 Å². The number of hydrogen-bond acceptors (Lipinski definition) is 8. The lowest BCUT2D eigenvalue weighted by Gasteiger charge is -2.22. The number of benzene rings is 2. The Labute approximate surface area is 201 Å². The maximum Gasteiger partial charge on any atom is 0.407 e. The number of thiazole rings is 1. The quantitative estimate of drug-likeness (QED) is 0.383. The molecule has 1 heterocycles. The standard InChI is InChI=1S/C22H24N4O6S2/c1-31-22(28)26-18(13-15-5-3-2-4-6-15)20(27)25-19(21-24-11-12-33-21)14-16-7-9-17(10-8-16)32-34(23,29)30/h2-12,18-19H,13-14H2,1H3,(H,25,27)(H,26,28)(H2,23,29,30). The van der Waals surface area contributed by atoms with Crippen LogP contribution in [0.15, 0.2) is 66.2 Å². The maximum absolute atomic E-state index is 13.2. The fourth-order valence-corrected chi connectivity index (χ4v) is 4.26. The van der Waals surface area contributed by atoms with E-state index in [1.165, 1.54) is 30.6 Å². The molecule has 180 valence electrons. The van der Waals surface area contributed by atoms with Gasteiger partial charge in [0.05, 0.1) is 13.2 Å². The zero-order chi connectivity index (χ0) is 24.6. The van der Waals surface area contributed by atoms with Gasteiger partial charge in [0.1, 0.15) is 16.8 Å². The predicted octanol–water partition coefficient (Wildman–Crippen LogP) is 2.09. The van der Waals surface area contributed by atoms with E-state index in [0.29, 0.717) is 11.4 Å². The Kier molecular flexibility index (Phi) is 8.57. The summed E-state index contributed by atoms with van der Waals surface area (Å²) in [5.74, 6) is -0.324. The van der Waals surface area contributed by atoms with Gasteiger partial charge >= 0.3 is 16.4 Å². The first-order chi connectivity index (χ1) is 16.2. The predicted molar refractivity (Wildman–Crippen MR) is 126 cm³/mol. The van der Waals surface area contributed by atoms with Gasteiger partial charge < -0.3 is 19.6 Å². The number of methoxy groups -OCH3 is 1. The molecule has 0 aliphatic heterocycles. The van der Waals surface area contributed by atoms with Crippen LogP contribution in [0, 0.1) is 0 Å². The Morgan fingerprint density at radius 1 is 1.03 bits per heavy atom. The average Bonchev–Trinajstić information content (AvgIpc) is 3.34. The summed E-state index contributed by atoms with van der Waals surface area (Å²) < 4.78 is 31.5. The van der Waals surface area contributed by atoms with E-state index in [1.54, 1.807) is 23.7 Å². The van der Waals surface area contributed by atoms with E-state index in [9.17, 15) is 18.0 Å². The summed E-state index contributed by atoms with van der Waals surface area (Å²) in [5, 5.41) is 12.9. The minimum atomic E-state index is -4.12. The topological polar surface area (TPSA) is 150 Å². The van der Waals surface area contributed by atoms with Crippen LogP contribution in [-0.4, -0.2) is 38.6 Å². The van der Waals surface area contributed by atoms with Crippen LogP contribution >= 0.6 is 11.3 Å². The van der Waals surface area contributed by atoms with Crippen molar-refractivity contribution >= 4 is 33.6 Å². The number of nitrogens with two attached hydrogens (primary N) is 1. The van der Waals surface area contributed by atoms with Crippen molar-refractivity contribution in [2.24, 2.45) is 5.14 Å². The number of aromatic nitrogens is 1. The molecule has 12 heteroatoms. The smallest absolute Gasteiger partial charge is 0.407 e. The van der Waals surface area contributed by atoms with Crippen LogP contribution in [0.25, 0.3) is 0 Å². The number of ether oxygens (including phenoxy) is 1. The molecule has 1 aromatic heterocycles. The molecular formula is C22H24N4O6S2. The van der Waals surface area contributed by atoms with E-state index in [0.717, 1.165) is 11.1 Å². The zero-order valence-electron chi connectivity index (χ0n) is 18.2. The molecule has 0 saturated carbocycles. The maximum atomic E-state index is 13.2. The Morgan fingerprint density at radius 2 is 1.71 bits per heavy atom. The lowest BCUT2D eigenvalue weighted by Crippen LogP contribution is -2.49. The third-order valence-electron chi connectivity index (χ3n) is 4.72. The van der Waals surface area contributed by atoms with Crippen molar-refractivity contribution in [1.82, 2.24) is 15.6 Å². The number of rotatable bonds is 10. The SMILES string of the molecule is COC(=O)NC(Cc1ccccc1)C(=O)NC(Cc1ccc(OS(N)(=O)=O)cc1)c1nccs1. The van der Waals surface area contributed by atoms with Crippen LogP contribution in [0.4, 0.5) is 4.79 Å². The monoisotopic (exact) mass is 504 g/mol. The number of carbonyl (C=O) groups excluding carboxylic acids is 2. The van der Waals surface area contributed by atoms with Crippen molar-refractivity contribution in [2.45, 2.75) is 24.9 Å². The van der Waals surface area contributed by atoms with Crippen LogP contribution in [0.3, 0.4) is 0 Å². The van der Waals surface area contributed by atoms with Crippen LogP contribution in [0.2, 0.25) is 0 Å². The molecule has 0 aliphatic rings. The molecule has 2 unspecified atom stereocenters. The van der Waals surface area contributed by atoms with E-state index in [2.05, 4.69) is 24.5 Å². The number of alkyl carbamates (subject to hydrolysis) is 1. The average molecular weight is 505 g/mol. The minimum Gasteiger partial charge on any atom is -0.453 e. The van der Waals surface area contributed by atoms with Crippen molar-refractivity contribution in [2.75, 3.05) is 7.11 Å². The van der Waals surface area contributed by atoms with Gasteiger partial charge in [-0.1, -0.05) is 42.5 Å². The van der Waals surface area contributed by atoms with E-state index in [-0.39, 0.29) is 12.2 Å². The summed E-state index contributed by atoms with van der Waals surface area (Å²) in [6.45, 7) is 0. The second kappa shape index (κ2) is 11.6. The number of hydrogen-bond donors (Lipinski definition) is 3. The van der Waals surface area contributed by atoms with E-state index in [4.69, 9.17) is 5.14 Å². The molecule has 0 saturated heterocycles. The Balaban J connectivity index is 1.77. The fourth-order valence-electron chi connectivity index (χ4n) is 3.19. The molecule has 10 nitrogen and oxygen atoms in total. The molecule has 2 amide bonds. The molecular weight excluding hydrogens is 480 g/mol. The van der Waals surface area contributed by atoms with Gasteiger partial charge in [-0.05, 0) is 29.7 Å². The van der Waals surface area contributed by atoms with Crippen molar-refractivity contribution in [3.8, 4) is 5.75 Å². The molecule has 4 N–H and O–H groups in total. The molecule has 2 atom stereocenters. The first kappa shape index (κ1) is 25.1. The molecule has 3 rings (SSSR count). The van der Waals surface area contributed by atoms with Crippen molar-refractivity contribution in [1.29, 1.82) is 0 Å². The van der Waals surface area contributed by atoms with Gasteiger partial charge in [0.15, 0.2) is 0 Å². The number of nitrogens with zero attached hydrogens (tertiary/aromatic N) is 1. The number of carbonyl (C=O) groups is 2. The normalized spacial score (nSPS) is 12.9. The summed E-state index contributed by atoms with van der Waals surface area (Å²) in [6, 6.07) is 14.2. The highest BCUT2D eigenvalue weighted by Crippen LogP contribution is 2.23. The van der Waals surface area contributed by atoms with E-state index >= 15 is 0 Å². The fraction of sp³-hybridized carbons (Fsp3) is 0.227. The number of amides is 2. The molecule has 0 fully saturated rings. The molecule has 0 aliphatic carbocycles. The van der Waals surface area contributed by atoms with Crippen LogP contribution in [0.1, 0.15) is 22.2 Å². The number of nitrogens with one attached hydrogen (secondary N) is 2. The molecule has 0 radical (unpaired) electrons. The highest BCUT2D eigenvalue weighted by Gasteiger charge is 2.26.